The van der Waals surface area contributed by atoms with Gasteiger partial charge in [0.2, 0.25) is 0 Å². The van der Waals surface area contributed by atoms with Crippen molar-refractivity contribution >= 4 is 27.7 Å². The van der Waals surface area contributed by atoms with E-state index in [1.54, 1.807) is 0 Å². The summed E-state index contributed by atoms with van der Waals surface area (Å²) in [7, 11) is 0. The van der Waals surface area contributed by atoms with E-state index >= 15 is 0 Å². The van der Waals surface area contributed by atoms with Crippen molar-refractivity contribution in [2.24, 2.45) is 0 Å². The van der Waals surface area contributed by atoms with E-state index in [1.165, 1.54) is 3.71 Å². The number of imidazole rings is 1. The minimum absolute atomic E-state index is 0.992. The molecule has 0 bridgehead atoms. The first kappa shape index (κ1) is 10.9. The third kappa shape index (κ3) is 2.02. The SMILES string of the molecule is Cc1cn2c[c]([Sn]([CH3])([CH3])[CH3])nc(C)c2n1. The number of aromatic nitrogens is 3. The molecule has 0 atom stereocenters. The van der Waals surface area contributed by atoms with E-state index in [-0.39, 0.29) is 0 Å². The average molecular weight is 310 g/mol. The molecule has 0 aliphatic heterocycles. The number of fused-ring (bicyclic) bond motifs is 1. The molecule has 0 aliphatic carbocycles. The second-order valence-electron chi connectivity index (χ2n) is 5.07. The maximum atomic E-state index is 4.70. The van der Waals surface area contributed by atoms with Crippen LogP contribution in [0.25, 0.3) is 5.65 Å². The molecule has 3 nitrogen and oxygen atoms in total. The van der Waals surface area contributed by atoms with Crippen LogP contribution in [0.4, 0.5) is 0 Å². The van der Waals surface area contributed by atoms with Crippen LogP contribution in [0.15, 0.2) is 12.4 Å². The number of rotatable bonds is 1. The molecule has 15 heavy (non-hydrogen) atoms. The Morgan fingerprint density at radius 2 is 1.73 bits per heavy atom. The second-order valence-corrected chi connectivity index (χ2v) is 19.4. The first-order chi connectivity index (χ1) is 6.88. The Balaban J connectivity index is 2.72. The summed E-state index contributed by atoms with van der Waals surface area (Å²) in [6.45, 7) is 4.06. The molecule has 0 spiro atoms. The average Bonchev–Trinajstić information content (AvgIpc) is 2.44. The maximum absolute atomic E-state index is 4.70. The molecule has 0 saturated heterocycles. The molecular formula is C11H17N3Sn. The fourth-order valence-electron chi connectivity index (χ4n) is 1.63. The standard InChI is InChI=1S/C8H8N3.3CH3.Sn/c1-6-5-11-4-3-9-7(2)8(11)10-6;;;;/h4-5H,1-2H3;3*1H3;. The Kier molecular flexibility index (Phi) is 2.53. The van der Waals surface area contributed by atoms with Gasteiger partial charge in [0.1, 0.15) is 0 Å². The minimum atomic E-state index is -2.06. The van der Waals surface area contributed by atoms with Crippen LogP contribution in [0.5, 0.6) is 0 Å². The summed E-state index contributed by atoms with van der Waals surface area (Å²) >= 11 is -2.06. The van der Waals surface area contributed by atoms with Crippen LogP contribution in [-0.4, -0.2) is 32.7 Å². The summed E-state index contributed by atoms with van der Waals surface area (Å²) in [6, 6.07) is 0. The molecule has 0 N–H and O–H groups in total. The van der Waals surface area contributed by atoms with Gasteiger partial charge < -0.3 is 0 Å². The predicted octanol–water partition coefficient (Wildman–Crippen LogP) is 1.89. The van der Waals surface area contributed by atoms with Crippen molar-refractivity contribution < 1.29 is 0 Å². The van der Waals surface area contributed by atoms with Crippen molar-refractivity contribution in [3.05, 3.63) is 23.8 Å². The molecule has 0 saturated carbocycles. The topological polar surface area (TPSA) is 30.2 Å². The van der Waals surface area contributed by atoms with Crippen LogP contribution in [-0.2, 0) is 0 Å². The predicted molar refractivity (Wildman–Crippen MR) is 65.4 cm³/mol. The molecule has 2 aromatic rings. The number of aryl methyl sites for hydroxylation is 2. The summed E-state index contributed by atoms with van der Waals surface area (Å²) < 4.78 is 3.43. The molecule has 0 amide bonds. The summed E-state index contributed by atoms with van der Waals surface area (Å²) in [5.41, 5.74) is 3.10. The van der Waals surface area contributed by atoms with Gasteiger partial charge in [-0.1, -0.05) is 0 Å². The van der Waals surface area contributed by atoms with Crippen LogP contribution in [0.3, 0.4) is 0 Å². The van der Waals surface area contributed by atoms with Gasteiger partial charge in [-0.2, -0.15) is 0 Å². The Bertz CT molecular complexity index is 508. The van der Waals surface area contributed by atoms with E-state index in [0.717, 1.165) is 17.0 Å². The Hall–Kier alpha value is -0.581. The van der Waals surface area contributed by atoms with Crippen molar-refractivity contribution in [2.45, 2.75) is 28.7 Å². The van der Waals surface area contributed by atoms with Gasteiger partial charge in [-0.05, 0) is 0 Å². The Morgan fingerprint density at radius 1 is 1.07 bits per heavy atom. The third-order valence-electron chi connectivity index (χ3n) is 2.49. The summed E-state index contributed by atoms with van der Waals surface area (Å²) in [5.74, 6) is 0. The molecule has 0 radical (unpaired) electrons. The zero-order chi connectivity index (χ0) is 11.2. The first-order valence-electron chi connectivity index (χ1n) is 5.21. The molecule has 2 heterocycles. The van der Waals surface area contributed by atoms with Crippen molar-refractivity contribution in [1.82, 2.24) is 14.4 Å². The molecule has 0 unspecified atom stereocenters. The zero-order valence-electron chi connectivity index (χ0n) is 10.00. The molecule has 2 rings (SSSR count). The fraction of sp³-hybridized carbons (Fsp3) is 0.455. The Morgan fingerprint density at radius 3 is 2.33 bits per heavy atom. The molecule has 2 aromatic heterocycles. The van der Waals surface area contributed by atoms with Crippen molar-refractivity contribution in [1.29, 1.82) is 0 Å². The number of hydrogen-bond donors (Lipinski definition) is 0. The summed E-state index contributed by atoms with van der Waals surface area (Å²) in [5, 5.41) is 0. The van der Waals surface area contributed by atoms with Gasteiger partial charge in [-0.25, -0.2) is 0 Å². The van der Waals surface area contributed by atoms with Gasteiger partial charge in [-0.15, -0.1) is 0 Å². The summed E-state index contributed by atoms with van der Waals surface area (Å²) in [4.78, 5) is 16.3. The molecule has 4 heteroatoms. The normalized spacial score (nSPS) is 12.3. The second kappa shape index (κ2) is 3.47. The van der Waals surface area contributed by atoms with Gasteiger partial charge in [0.05, 0.1) is 0 Å². The molecule has 80 valence electrons. The van der Waals surface area contributed by atoms with Gasteiger partial charge in [0, 0.05) is 0 Å². The monoisotopic (exact) mass is 311 g/mol. The van der Waals surface area contributed by atoms with Crippen LogP contribution >= 0.6 is 0 Å². The van der Waals surface area contributed by atoms with Crippen molar-refractivity contribution in [2.75, 3.05) is 0 Å². The van der Waals surface area contributed by atoms with E-state index in [4.69, 9.17) is 4.98 Å². The van der Waals surface area contributed by atoms with E-state index in [2.05, 4.69) is 36.6 Å². The van der Waals surface area contributed by atoms with Crippen LogP contribution in [0, 0.1) is 13.8 Å². The number of hydrogen-bond acceptors (Lipinski definition) is 2. The molecule has 0 aromatic carbocycles. The van der Waals surface area contributed by atoms with Crippen LogP contribution in [0.1, 0.15) is 11.4 Å². The van der Waals surface area contributed by atoms with E-state index in [0.29, 0.717) is 0 Å². The van der Waals surface area contributed by atoms with Crippen LogP contribution < -0.4 is 3.71 Å². The van der Waals surface area contributed by atoms with E-state index in [1.807, 2.05) is 13.8 Å². The van der Waals surface area contributed by atoms with Gasteiger partial charge in [0.25, 0.3) is 0 Å². The third-order valence-corrected chi connectivity index (χ3v) is 7.57. The van der Waals surface area contributed by atoms with Gasteiger partial charge in [0.15, 0.2) is 0 Å². The van der Waals surface area contributed by atoms with E-state index in [9.17, 15) is 0 Å². The van der Waals surface area contributed by atoms with Crippen LogP contribution in [0.2, 0.25) is 14.8 Å². The molecule has 0 fully saturated rings. The quantitative estimate of drug-likeness (QED) is 0.753. The zero-order valence-corrected chi connectivity index (χ0v) is 12.9. The number of nitrogens with zero attached hydrogens (tertiary/aromatic N) is 3. The van der Waals surface area contributed by atoms with Crippen molar-refractivity contribution in [3.63, 3.8) is 0 Å². The van der Waals surface area contributed by atoms with Gasteiger partial charge >= 0.3 is 94.6 Å². The summed E-state index contributed by atoms with van der Waals surface area (Å²) in [6.07, 6.45) is 4.24. The molecular weight excluding hydrogens is 293 g/mol. The Labute approximate surface area is 94.4 Å². The van der Waals surface area contributed by atoms with Gasteiger partial charge in [-0.3, -0.25) is 0 Å². The first-order valence-corrected chi connectivity index (χ1v) is 15.2. The fourth-order valence-corrected chi connectivity index (χ4v) is 4.57. The van der Waals surface area contributed by atoms with Crippen molar-refractivity contribution in [3.8, 4) is 0 Å². The molecule has 0 aliphatic rings. The van der Waals surface area contributed by atoms with E-state index < -0.39 is 18.4 Å².